The van der Waals surface area contributed by atoms with Gasteiger partial charge in [0, 0.05) is 28.0 Å². The first kappa shape index (κ1) is 28.6. The Morgan fingerprint density at radius 1 is 0.489 bits per heavy atom. The van der Waals surface area contributed by atoms with Gasteiger partial charge in [0.1, 0.15) is 0 Å². The molecule has 5 heteroatoms. The zero-order chi connectivity index (χ0) is 32.3. The van der Waals surface area contributed by atoms with Crippen LogP contribution in [0.25, 0.3) is 53.5 Å². The van der Waals surface area contributed by atoms with Crippen molar-refractivity contribution in [1.82, 2.24) is 0 Å². The molecule has 7 aromatic carbocycles. The summed E-state index contributed by atoms with van der Waals surface area (Å²) < 4.78 is 0. The summed E-state index contributed by atoms with van der Waals surface area (Å²) in [5.74, 6) is 0. The van der Waals surface area contributed by atoms with Gasteiger partial charge in [-0.2, -0.15) is 10.5 Å². The van der Waals surface area contributed by atoms with E-state index in [4.69, 9.17) is 13.1 Å². The second-order valence-corrected chi connectivity index (χ2v) is 11.0. The smallest absolute Gasteiger partial charge is 0.194 e. The summed E-state index contributed by atoms with van der Waals surface area (Å²) in [5.41, 5.74) is 8.55. The largest absolute Gasteiger partial charge is 0.312 e. The zero-order valence-electron chi connectivity index (χ0n) is 25.0. The van der Waals surface area contributed by atoms with Crippen molar-refractivity contribution < 1.29 is 0 Å². The van der Waals surface area contributed by atoms with Crippen LogP contribution in [0.3, 0.4) is 0 Å². The molecule has 0 aromatic heterocycles. The van der Waals surface area contributed by atoms with Gasteiger partial charge in [-0.05, 0) is 86.9 Å². The molecule has 0 atom stereocenters. The quantitative estimate of drug-likeness (QED) is 0.185. The highest BCUT2D eigenvalue weighted by molar-refractivity contribution is 6.04. The fourth-order valence-electron chi connectivity index (χ4n) is 6.16. The number of hydrogen-bond acceptors (Lipinski definition) is 3. The van der Waals surface area contributed by atoms with Crippen molar-refractivity contribution in [3.05, 3.63) is 173 Å². The third-order valence-electron chi connectivity index (χ3n) is 8.36. The van der Waals surface area contributed by atoms with Crippen molar-refractivity contribution in [2.24, 2.45) is 0 Å². The normalized spacial score (nSPS) is 10.5. The van der Waals surface area contributed by atoms with Gasteiger partial charge in [-0.1, -0.05) is 91.0 Å². The van der Waals surface area contributed by atoms with E-state index in [0.717, 1.165) is 55.2 Å². The van der Waals surface area contributed by atoms with Gasteiger partial charge in [-0.25, -0.2) is 9.69 Å². The molecule has 0 saturated carbocycles. The fraction of sp³-hybridized carbons (Fsp3) is 0. The number of rotatable bonds is 5. The van der Waals surface area contributed by atoms with Crippen LogP contribution in [0, 0.1) is 35.8 Å². The minimum absolute atomic E-state index is 0.382. The first-order valence-electron chi connectivity index (χ1n) is 14.9. The van der Waals surface area contributed by atoms with Crippen LogP contribution in [-0.4, -0.2) is 0 Å². The number of fused-ring (bicyclic) bond motifs is 2. The molecule has 7 aromatic rings. The van der Waals surface area contributed by atoms with Gasteiger partial charge < -0.3 is 4.90 Å². The van der Waals surface area contributed by atoms with Gasteiger partial charge in [0.25, 0.3) is 0 Å². The van der Waals surface area contributed by atoms with Crippen LogP contribution >= 0.6 is 0 Å². The van der Waals surface area contributed by atoms with E-state index < -0.39 is 0 Å². The minimum Gasteiger partial charge on any atom is -0.312 e. The lowest BCUT2D eigenvalue weighted by molar-refractivity contribution is 1.28. The third-order valence-corrected chi connectivity index (χ3v) is 8.36. The molecule has 216 valence electrons. The topological polar surface area (TPSA) is 59.5 Å². The maximum atomic E-state index is 9.77. The number of nitrogens with zero attached hydrogens (tertiary/aromatic N) is 5. The van der Waals surface area contributed by atoms with Crippen LogP contribution in [0.1, 0.15) is 11.1 Å². The molecule has 0 spiro atoms. The van der Waals surface area contributed by atoms with Crippen LogP contribution in [-0.2, 0) is 0 Å². The van der Waals surface area contributed by atoms with Crippen LogP contribution in [0.15, 0.2) is 140 Å². The molecule has 0 aliphatic carbocycles. The first-order valence-corrected chi connectivity index (χ1v) is 14.9. The molecule has 0 fully saturated rings. The van der Waals surface area contributed by atoms with E-state index in [0.29, 0.717) is 28.2 Å². The lowest BCUT2D eigenvalue weighted by atomic mass is 9.95. The molecule has 0 aliphatic heterocycles. The lowest BCUT2D eigenvalue weighted by Crippen LogP contribution is -2.10. The first-order chi connectivity index (χ1) is 23.1. The Hall–Kier alpha value is -7.18. The fourth-order valence-corrected chi connectivity index (χ4v) is 6.16. The number of nitriles is 2. The SMILES string of the molecule is [C-]#[N+]c1cc(C#N)cc(N(c2ccc(-c3ccc(C#N)c4ccccc34)cc2)c2ccc(-c3ccc([N+]#[C-])c4ccccc34)cc2)c1. The molecular weight excluding hydrogens is 574 g/mol. The Bertz CT molecular complexity index is 2330. The maximum Gasteiger partial charge on any atom is 0.194 e. The van der Waals surface area contributed by atoms with Gasteiger partial charge in [0.2, 0.25) is 0 Å². The summed E-state index contributed by atoms with van der Waals surface area (Å²) in [6.07, 6.45) is 0. The van der Waals surface area contributed by atoms with Gasteiger partial charge >= 0.3 is 0 Å². The predicted molar refractivity (Wildman–Crippen MR) is 189 cm³/mol. The van der Waals surface area contributed by atoms with Crippen molar-refractivity contribution in [3.63, 3.8) is 0 Å². The van der Waals surface area contributed by atoms with Crippen LogP contribution in [0.2, 0.25) is 0 Å². The standard InChI is InChI=1S/C42H23N5/c1-45-32-23-28(26-43)24-35(25-32)47(33-16-11-29(12-17-33)37-20-15-31(27-44)36-7-3-4-8-39(36)37)34-18-13-30(14-19-34)38-21-22-42(46-2)41-10-6-5-9-40(38)41/h3-25H. The molecule has 47 heavy (non-hydrogen) atoms. The maximum absolute atomic E-state index is 9.77. The third kappa shape index (κ3) is 5.18. The molecule has 0 aliphatic rings. The van der Waals surface area contributed by atoms with E-state index in [-0.39, 0.29) is 0 Å². The summed E-state index contributed by atoms with van der Waals surface area (Å²) in [6, 6.07) is 49.6. The van der Waals surface area contributed by atoms with E-state index in [2.05, 4.69) is 46.1 Å². The minimum atomic E-state index is 0.382. The highest BCUT2D eigenvalue weighted by atomic mass is 15.1. The van der Waals surface area contributed by atoms with Crippen molar-refractivity contribution in [2.75, 3.05) is 4.90 Å². The summed E-state index contributed by atoms with van der Waals surface area (Å²) >= 11 is 0. The van der Waals surface area contributed by atoms with E-state index >= 15 is 0 Å². The molecule has 7 rings (SSSR count). The van der Waals surface area contributed by atoms with Crippen molar-refractivity contribution >= 4 is 50.0 Å². The van der Waals surface area contributed by atoms with Crippen molar-refractivity contribution in [1.29, 1.82) is 10.5 Å². The molecule has 0 amide bonds. The molecule has 0 N–H and O–H groups in total. The highest BCUT2D eigenvalue weighted by Gasteiger charge is 2.16. The molecule has 0 bridgehead atoms. The van der Waals surface area contributed by atoms with E-state index in [1.54, 1.807) is 18.2 Å². The average Bonchev–Trinajstić information content (AvgIpc) is 3.14. The monoisotopic (exact) mass is 597 g/mol. The second-order valence-electron chi connectivity index (χ2n) is 11.0. The van der Waals surface area contributed by atoms with E-state index in [9.17, 15) is 10.5 Å². The summed E-state index contributed by atoms with van der Waals surface area (Å²) in [6.45, 7) is 15.2. The summed E-state index contributed by atoms with van der Waals surface area (Å²) in [7, 11) is 0. The second kappa shape index (κ2) is 12.1. The Labute approximate surface area is 272 Å². The molecule has 0 heterocycles. The Morgan fingerprint density at radius 3 is 1.60 bits per heavy atom. The molecule has 0 radical (unpaired) electrons. The number of benzene rings is 7. The summed E-state index contributed by atoms with van der Waals surface area (Å²) in [5, 5.41) is 23.2. The lowest BCUT2D eigenvalue weighted by Gasteiger charge is -2.26. The average molecular weight is 598 g/mol. The molecule has 5 nitrogen and oxygen atoms in total. The van der Waals surface area contributed by atoms with Gasteiger partial charge in [0.05, 0.1) is 30.8 Å². The van der Waals surface area contributed by atoms with Crippen molar-refractivity contribution in [3.8, 4) is 34.4 Å². The van der Waals surface area contributed by atoms with Crippen molar-refractivity contribution in [2.45, 2.75) is 0 Å². The Balaban J connectivity index is 1.34. The number of hydrogen-bond donors (Lipinski definition) is 0. The van der Waals surface area contributed by atoms with Gasteiger partial charge in [0.15, 0.2) is 11.4 Å². The van der Waals surface area contributed by atoms with Crippen LogP contribution in [0.4, 0.5) is 28.4 Å². The van der Waals surface area contributed by atoms with E-state index in [1.165, 1.54) is 0 Å². The Kier molecular flexibility index (Phi) is 7.34. The Morgan fingerprint density at radius 2 is 1.04 bits per heavy atom. The molecular formula is C42H23N5. The predicted octanol–water partition coefficient (Wildman–Crippen LogP) is 11.6. The van der Waals surface area contributed by atoms with Gasteiger partial charge in [-0.15, -0.1) is 0 Å². The summed E-state index contributed by atoms with van der Waals surface area (Å²) in [4.78, 5) is 9.37. The zero-order valence-corrected chi connectivity index (χ0v) is 25.0. The molecule has 0 saturated heterocycles. The molecule has 0 unspecified atom stereocenters. The van der Waals surface area contributed by atoms with Crippen LogP contribution < -0.4 is 4.90 Å². The van der Waals surface area contributed by atoms with Crippen LogP contribution in [0.5, 0.6) is 0 Å². The van der Waals surface area contributed by atoms with Gasteiger partial charge in [-0.3, -0.25) is 0 Å². The number of anilines is 3. The van der Waals surface area contributed by atoms with E-state index in [1.807, 2.05) is 102 Å². The highest BCUT2D eigenvalue weighted by Crippen LogP contribution is 2.41.